The molecule has 5 heterocycles. The molecule has 11 rings (SSSR count). The molecule has 0 saturated heterocycles. The first-order chi connectivity index (χ1) is 25.3. The summed E-state index contributed by atoms with van der Waals surface area (Å²) in [5, 5.41) is 7.14. The van der Waals surface area contributed by atoms with E-state index in [2.05, 4.69) is 142 Å². The van der Waals surface area contributed by atoms with E-state index in [1.54, 1.807) is 0 Å². The van der Waals surface area contributed by atoms with Gasteiger partial charge in [-0.25, -0.2) is 4.98 Å². The minimum absolute atomic E-state index is 0.572. The molecule has 0 radical (unpaired) electrons. The number of hydrogen-bond donors (Lipinski definition) is 0. The molecule has 5 aromatic heterocycles. The highest BCUT2D eigenvalue weighted by Gasteiger charge is 2.22. The van der Waals surface area contributed by atoms with E-state index in [4.69, 9.17) is 15.0 Å². The molecule has 0 unspecified atom stereocenters. The SMILES string of the molecule is c1ccc(-c2nc(-c3ccccc3-n3c4ccccc4c4ccncc43)nc(-n3c4ccccc4c4cc5sc6ccccc6c5cc43)n2)cc1. The van der Waals surface area contributed by atoms with Gasteiger partial charge in [-0.3, -0.25) is 9.55 Å². The molecule has 0 bridgehead atoms. The summed E-state index contributed by atoms with van der Waals surface area (Å²) >= 11 is 1.83. The second-order valence-electron chi connectivity index (χ2n) is 12.7. The van der Waals surface area contributed by atoms with Crippen molar-refractivity contribution in [2.24, 2.45) is 0 Å². The molecule has 7 heteroatoms. The quantitative estimate of drug-likeness (QED) is 0.187. The molecule has 11 aromatic rings. The van der Waals surface area contributed by atoms with Crippen molar-refractivity contribution in [3.05, 3.63) is 158 Å². The fourth-order valence-corrected chi connectivity index (χ4v) is 8.77. The van der Waals surface area contributed by atoms with E-state index < -0.39 is 0 Å². The zero-order chi connectivity index (χ0) is 33.5. The van der Waals surface area contributed by atoms with Crippen LogP contribution >= 0.6 is 11.3 Å². The number of benzene rings is 6. The Hall–Kier alpha value is -6.70. The fraction of sp³-hybridized carbons (Fsp3) is 0. The topological polar surface area (TPSA) is 61.4 Å². The molecule has 0 aliphatic rings. The summed E-state index contributed by atoms with van der Waals surface area (Å²) in [4.78, 5) is 20.3. The van der Waals surface area contributed by atoms with Gasteiger partial charge in [-0.05, 0) is 48.5 Å². The minimum atomic E-state index is 0.572. The van der Waals surface area contributed by atoms with Gasteiger partial charge in [0.05, 0.1) is 34.0 Å². The molecular formula is C44H26N6S. The molecule has 0 aliphatic heterocycles. The van der Waals surface area contributed by atoms with Crippen molar-refractivity contribution in [2.45, 2.75) is 0 Å². The van der Waals surface area contributed by atoms with Crippen LogP contribution in [0.2, 0.25) is 0 Å². The monoisotopic (exact) mass is 670 g/mol. The number of thiophene rings is 1. The average molecular weight is 671 g/mol. The maximum Gasteiger partial charge on any atom is 0.238 e. The first-order valence-corrected chi connectivity index (χ1v) is 17.7. The maximum atomic E-state index is 5.35. The predicted molar refractivity (Wildman–Crippen MR) is 210 cm³/mol. The number of rotatable bonds is 4. The van der Waals surface area contributed by atoms with Gasteiger partial charge in [-0.2, -0.15) is 9.97 Å². The van der Waals surface area contributed by atoms with Crippen molar-refractivity contribution in [1.29, 1.82) is 0 Å². The third-order valence-corrected chi connectivity index (χ3v) is 11.0. The Bertz CT molecular complexity index is 3100. The van der Waals surface area contributed by atoms with Crippen LogP contribution in [0.3, 0.4) is 0 Å². The second kappa shape index (κ2) is 10.9. The highest BCUT2D eigenvalue weighted by atomic mass is 32.1. The van der Waals surface area contributed by atoms with Gasteiger partial charge in [0.15, 0.2) is 11.6 Å². The lowest BCUT2D eigenvalue weighted by Gasteiger charge is -2.15. The Morgan fingerprint density at radius 1 is 0.431 bits per heavy atom. The highest BCUT2D eigenvalue weighted by molar-refractivity contribution is 7.25. The van der Waals surface area contributed by atoms with Crippen molar-refractivity contribution in [3.63, 3.8) is 0 Å². The highest BCUT2D eigenvalue weighted by Crippen LogP contribution is 2.41. The van der Waals surface area contributed by atoms with E-state index >= 15 is 0 Å². The van der Waals surface area contributed by atoms with Crippen LogP contribution < -0.4 is 0 Å². The van der Waals surface area contributed by atoms with Crippen molar-refractivity contribution in [2.75, 3.05) is 0 Å². The summed E-state index contributed by atoms with van der Waals surface area (Å²) in [6.45, 7) is 0. The van der Waals surface area contributed by atoms with Gasteiger partial charge in [-0.1, -0.05) is 97.1 Å². The summed E-state index contributed by atoms with van der Waals surface area (Å²) in [6.07, 6.45) is 3.79. The third kappa shape index (κ3) is 4.22. The third-order valence-electron chi connectivity index (χ3n) is 9.89. The van der Waals surface area contributed by atoms with Crippen LogP contribution in [0.25, 0.3) is 98.2 Å². The standard InChI is InChI=1S/C44H26N6S/c1-2-12-27(13-3-1)42-46-43(32-17-6-10-20-37(32)49-35-18-8-4-14-28(35)30-22-23-45-26-39(30)49)48-44(47-42)50-36-19-9-5-15-29(36)33-25-41-34(24-38(33)50)31-16-7-11-21-40(31)51-41/h1-26H. The smallest absolute Gasteiger partial charge is 0.238 e. The Balaban J connectivity index is 1.23. The van der Waals surface area contributed by atoms with Gasteiger partial charge >= 0.3 is 0 Å². The van der Waals surface area contributed by atoms with Gasteiger partial charge in [0.25, 0.3) is 0 Å². The lowest BCUT2D eigenvalue weighted by atomic mass is 10.1. The molecule has 6 aromatic carbocycles. The van der Waals surface area contributed by atoms with Crippen LogP contribution in [-0.4, -0.2) is 29.1 Å². The predicted octanol–water partition coefficient (Wildman–Crippen LogP) is 11.2. The van der Waals surface area contributed by atoms with Gasteiger partial charge < -0.3 is 4.57 Å². The van der Waals surface area contributed by atoms with Crippen molar-refractivity contribution in [1.82, 2.24) is 29.1 Å². The molecule has 0 fully saturated rings. The van der Waals surface area contributed by atoms with Crippen molar-refractivity contribution in [3.8, 4) is 34.4 Å². The molecule has 6 nitrogen and oxygen atoms in total. The Morgan fingerprint density at radius 2 is 1.10 bits per heavy atom. The molecule has 0 spiro atoms. The molecule has 0 amide bonds. The van der Waals surface area contributed by atoms with E-state index in [1.807, 2.05) is 41.9 Å². The number of aromatic nitrogens is 6. The van der Waals surface area contributed by atoms with Gasteiger partial charge in [-0.15, -0.1) is 11.3 Å². The number of hydrogen-bond acceptors (Lipinski definition) is 5. The maximum absolute atomic E-state index is 5.35. The second-order valence-corrected chi connectivity index (χ2v) is 13.8. The average Bonchev–Trinajstić information content (AvgIpc) is 3.84. The summed E-state index contributed by atoms with van der Waals surface area (Å²) in [6, 6.07) is 50.9. The summed E-state index contributed by atoms with van der Waals surface area (Å²) in [7, 11) is 0. The molecule has 0 saturated carbocycles. The lowest BCUT2D eigenvalue weighted by molar-refractivity contribution is 0.952. The van der Waals surface area contributed by atoms with Gasteiger partial charge in [0.1, 0.15) is 0 Å². The van der Waals surface area contributed by atoms with Crippen LogP contribution in [-0.2, 0) is 0 Å². The number of nitrogens with zero attached hydrogens (tertiary/aromatic N) is 6. The molecule has 0 N–H and O–H groups in total. The van der Waals surface area contributed by atoms with Crippen LogP contribution in [0.1, 0.15) is 0 Å². The van der Waals surface area contributed by atoms with E-state index in [9.17, 15) is 0 Å². The zero-order valence-electron chi connectivity index (χ0n) is 27.1. The van der Waals surface area contributed by atoms with Crippen LogP contribution in [0.4, 0.5) is 0 Å². The van der Waals surface area contributed by atoms with Crippen LogP contribution in [0.15, 0.2) is 158 Å². The minimum Gasteiger partial charge on any atom is -0.307 e. The van der Waals surface area contributed by atoms with Crippen molar-refractivity contribution >= 4 is 75.1 Å². The van der Waals surface area contributed by atoms with Crippen molar-refractivity contribution < 1.29 is 0 Å². The molecule has 238 valence electrons. The zero-order valence-corrected chi connectivity index (χ0v) is 27.9. The first kappa shape index (κ1) is 28.2. The van der Waals surface area contributed by atoms with E-state index in [1.165, 1.54) is 30.9 Å². The number of pyridine rings is 1. The van der Waals surface area contributed by atoms with Gasteiger partial charge in [0, 0.05) is 59.0 Å². The largest absolute Gasteiger partial charge is 0.307 e. The normalized spacial score (nSPS) is 11.9. The molecular weight excluding hydrogens is 645 g/mol. The van der Waals surface area contributed by atoms with Crippen LogP contribution in [0, 0.1) is 0 Å². The Kier molecular flexibility index (Phi) is 6.02. The first-order valence-electron chi connectivity index (χ1n) is 16.9. The molecule has 0 aliphatic carbocycles. The van der Waals surface area contributed by atoms with Crippen LogP contribution in [0.5, 0.6) is 0 Å². The Labute approximate surface area is 295 Å². The summed E-state index contributed by atoms with van der Waals surface area (Å²) in [5.41, 5.74) is 7.03. The summed E-state index contributed by atoms with van der Waals surface area (Å²) in [5.74, 6) is 1.78. The number of para-hydroxylation sites is 3. The van der Waals surface area contributed by atoms with E-state index in [0.717, 1.165) is 49.7 Å². The fourth-order valence-electron chi connectivity index (χ4n) is 7.64. The number of fused-ring (bicyclic) bond motifs is 9. The molecule has 51 heavy (non-hydrogen) atoms. The molecule has 0 atom stereocenters. The Morgan fingerprint density at radius 3 is 1.96 bits per heavy atom. The van der Waals surface area contributed by atoms with E-state index in [-0.39, 0.29) is 0 Å². The summed E-state index contributed by atoms with van der Waals surface area (Å²) < 4.78 is 7.03. The van der Waals surface area contributed by atoms with Gasteiger partial charge in [0.2, 0.25) is 5.95 Å². The van der Waals surface area contributed by atoms with E-state index in [0.29, 0.717) is 17.6 Å². The lowest BCUT2D eigenvalue weighted by Crippen LogP contribution is -2.07.